The van der Waals surface area contributed by atoms with Gasteiger partial charge in [0.15, 0.2) is 11.6 Å². The summed E-state index contributed by atoms with van der Waals surface area (Å²) in [6, 6.07) is 2.31. The van der Waals surface area contributed by atoms with Gasteiger partial charge in [0.05, 0.1) is 11.3 Å². The molecule has 0 atom stereocenters. The van der Waals surface area contributed by atoms with Gasteiger partial charge >= 0.3 is 5.97 Å². The first kappa shape index (κ1) is 16.7. The number of carboxylic acid groups (broad SMARTS) is 1. The minimum Gasteiger partial charge on any atom is -0.478 e. The maximum absolute atomic E-state index is 13.7. The van der Waals surface area contributed by atoms with Gasteiger partial charge in [-0.3, -0.25) is 4.72 Å². The highest BCUT2D eigenvalue weighted by Gasteiger charge is 2.23. The van der Waals surface area contributed by atoms with Gasteiger partial charge in [-0.25, -0.2) is 30.8 Å². The third-order valence-corrected chi connectivity index (χ3v) is 4.12. The summed E-state index contributed by atoms with van der Waals surface area (Å²) in [7, 11) is -4.69. The molecular formula is C13H7F4NO4S. The molecule has 2 rings (SSSR count). The van der Waals surface area contributed by atoms with Gasteiger partial charge in [-0.15, -0.1) is 0 Å². The SMILES string of the molecule is O=C(O)c1ccc(S(=O)(=O)Nc2cc(F)c(F)cc2F)c(F)c1. The Labute approximate surface area is 127 Å². The summed E-state index contributed by atoms with van der Waals surface area (Å²) in [6.45, 7) is 0. The van der Waals surface area contributed by atoms with Crippen molar-refractivity contribution in [1.29, 1.82) is 0 Å². The molecule has 23 heavy (non-hydrogen) atoms. The number of nitrogens with one attached hydrogen (secondary N) is 1. The zero-order valence-corrected chi connectivity index (χ0v) is 11.8. The van der Waals surface area contributed by atoms with E-state index in [1.807, 2.05) is 0 Å². The molecular weight excluding hydrogens is 342 g/mol. The Morgan fingerprint density at radius 3 is 2.09 bits per heavy atom. The first-order chi connectivity index (χ1) is 10.6. The Hall–Kier alpha value is -2.62. The highest BCUT2D eigenvalue weighted by atomic mass is 32.2. The number of benzene rings is 2. The molecule has 0 bridgehead atoms. The molecule has 0 spiro atoms. The molecule has 0 radical (unpaired) electrons. The van der Waals surface area contributed by atoms with Crippen molar-refractivity contribution in [3.63, 3.8) is 0 Å². The summed E-state index contributed by atoms with van der Waals surface area (Å²) in [5, 5.41) is 8.67. The summed E-state index contributed by atoms with van der Waals surface area (Å²) >= 11 is 0. The molecule has 0 aromatic heterocycles. The van der Waals surface area contributed by atoms with E-state index in [9.17, 15) is 30.8 Å². The molecule has 0 aliphatic heterocycles. The summed E-state index contributed by atoms with van der Waals surface area (Å²) < 4.78 is 78.5. The molecule has 0 aliphatic rings. The van der Waals surface area contributed by atoms with Crippen molar-refractivity contribution in [2.75, 3.05) is 4.72 Å². The molecule has 0 saturated carbocycles. The van der Waals surface area contributed by atoms with Gasteiger partial charge < -0.3 is 5.11 Å². The fraction of sp³-hybridized carbons (Fsp3) is 0. The molecule has 0 fully saturated rings. The maximum atomic E-state index is 13.7. The molecule has 122 valence electrons. The second-order valence-corrected chi connectivity index (χ2v) is 5.95. The zero-order valence-electron chi connectivity index (χ0n) is 11.0. The predicted molar refractivity (Wildman–Crippen MR) is 70.5 cm³/mol. The second-order valence-electron chi connectivity index (χ2n) is 4.30. The normalized spacial score (nSPS) is 11.3. The number of halogens is 4. The van der Waals surface area contributed by atoms with Gasteiger partial charge in [0.2, 0.25) is 0 Å². The van der Waals surface area contributed by atoms with Gasteiger partial charge in [0, 0.05) is 12.1 Å². The van der Waals surface area contributed by atoms with Crippen LogP contribution >= 0.6 is 0 Å². The van der Waals surface area contributed by atoms with Crippen LogP contribution in [0.15, 0.2) is 35.2 Å². The number of hydrogen-bond acceptors (Lipinski definition) is 3. The van der Waals surface area contributed by atoms with E-state index in [0.717, 1.165) is 6.07 Å². The van der Waals surface area contributed by atoms with Crippen LogP contribution in [-0.2, 0) is 10.0 Å². The third-order valence-electron chi connectivity index (χ3n) is 2.72. The number of rotatable bonds is 4. The molecule has 2 aromatic rings. The number of carboxylic acids is 1. The van der Waals surface area contributed by atoms with Crippen LogP contribution in [0.2, 0.25) is 0 Å². The quantitative estimate of drug-likeness (QED) is 0.657. The van der Waals surface area contributed by atoms with Crippen molar-refractivity contribution in [1.82, 2.24) is 0 Å². The van der Waals surface area contributed by atoms with E-state index >= 15 is 0 Å². The Morgan fingerprint density at radius 2 is 1.52 bits per heavy atom. The van der Waals surface area contributed by atoms with Crippen LogP contribution in [0.4, 0.5) is 23.2 Å². The minimum absolute atomic E-state index is 0.122. The average molecular weight is 349 g/mol. The van der Waals surface area contributed by atoms with Crippen LogP contribution in [0.3, 0.4) is 0 Å². The summed E-state index contributed by atoms with van der Waals surface area (Å²) in [5.41, 5.74) is -1.42. The van der Waals surface area contributed by atoms with E-state index in [1.54, 1.807) is 4.72 Å². The number of carbonyl (C=O) groups is 1. The molecule has 2 aromatic carbocycles. The van der Waals surface area contributed by atoms with E-state index in [-0.39, 0.29) is 12.1 Å². The number of anilines is 1. The first-order valence-electron chi connectivity index (χ1n) is 5.82. The van der Waals surface area contributed by atoms with Crippen LogP contribution in [0.25, 0.3) is 0 Å². The number of aromatic carboxylic acids is 1. The summed E-state index contributed by atoms with van der Waals surface area (Å²) in [5.74, 6) is -7.32. The zero-order chi connectivity index (χ0) is 17.4. The van der Waals surface area contributed by atoms with Crippen molar-refractivity contribution in [3.8, 4) is 0 Å². The van der Waals surface area contributed by atoms with E-state index in [0.29, 0.717) is 12.1 Å². The van der Waals surface area contributed by atoms with Crippen LogP contribution in [0.1, 0.15) is 10.4 Å². The van der Waals surface area contributed by atoms with Crippen molar-refractivity contribution in [2.45, 2.75) is 4.90 Å². The van der Waals surface area contributed by atoms with Crippen LogP contribution in [0.5, 0.6) is 0 Å². The highest BCUT2D eigenvalue weighted by Crippen LogP contribution is 2.23. The monoisotopic (exact) mass is 349 g/mol. The Kier molecular flexibility index (Phi) is 4.28. The molecule has 0 heterocycles. The molecule has 0 aliphatic carbocycles. The summed E-state index contributed by atoms with van der Waals surface area (Å²) in [4.78, 5) is 9.68. The first-order valence-corrected chi connectivity index (χ1v) is 7.30. The fourth-order valence-electron chi connectivity index (χ4n) is 1.65. The maximum Gasteiger partial charge on any atom is 0.335 e. The Morgan fingerprint density at radius 1 is 0.913 bits per heavy atom. The lowest BCUT2D eigenvalue weighted by molar-refractivity contribution is 0.0696. The van der Waals surface area contributed by atoms with Crippen LogP contribution < -0.4 is 4.72 Å². The average Bonchev–Trinajstić information content (AvgIpc) is 2.44. The van der Waals surface area contributed by atoms with Crippen LogP contribution in [0, 0.1) is 23.3 Å². The molecule has 10 heteroatoms. The van der Waals surface area contributed by atoms with Crippen molar-refractivity contribution in [3.05, 3.63) is 59.2 Å². The lowest BCUT2D eigenvalue weighted by Gasteiger charge is -2.10. The minimum atomic E-state index is -4.69. The predicted octanol–water partition coefficient (Wildman–Crippen LogP) is 2.74. The van der Waals surface area contributed by atoms with E-state index in [1.165, 1.54) is 0 Å². The lowest BCUT2D eigenvalue weighted by Crippen LogP contribution is -2.16. The topological polar surface area (TPSA) is 83.5 Å². The highest BCUT2D eigenvalue weighted by molar-refractivity contribution is 7.92. The van der Waals surface area contributed by atoms with E-state index in [2.05, 4.69) is 0 Å². The van der Waals surface area contributed by atoms with Gasteiger partial charge in [0.25, 0.3) is 10.0 Å². The van der Waals surface area contributed by atoms with Crippen molar-refractivity contribution >= 4 is 21.7 Å². The lowest BCUT2D eigenvalue weighted by atomic mass is 10.2. The molecule has 2 N–H and O–H groups in total. The van der Waals surface area contributed by atoms with Gasteiger partial charge in [-0.1, -0.05) is 0 Å². The Balaban J connectivity index is 2.44. The molecule has 0 saturated heterocycles. The smallest absolute Gasteiger partial charge is 0.335 e. The van der Waals surface area contributed by atoms with Crippen LogP contribution in [-0.4, -0.2) is 19.5 Å². The largest absolute Gasteiger partial charge is 0.478 e. The molecule has 5 nitrogen and oxygen atoms in total. The van der Waals surface area contributed by atoms with Gasteiger partial charge in [-0.2, -0.15) is 0 Å². The van der Waals surface area contributed by atoms with Crippen molar-refractivity contribution in [2.24, 2.45) is 0 Å². The van der Waals surface area contributed by atoms with Crippen molar-refractivity contribution < 1.29 is 35.9 Å². The second kappa shape index (κ2) is 5.88. The van der Waals surface area contributed by atoms with Gasteiger partial charge in [0.1, 0.15) is 16.5 Å². The third kappa shape index (κ3) is 3.42. The standard InChI is InChI=1S/C13H7F4NO4S/c14-7-4-9(16)11(5-8(7)15)18-23(21,22)12-2-1-6(13(19)20)3-10(12)17/h1-5,18H,(H,19,20). The number of sulfonamides is 1. The van der Waals surface area contributed by atoms with Gasteiger partial charge in [-0.05, 0) is 18.2 Å². The number of hydrogen-bond donors (Lipinski definition) is 2. The molecule has 0 unspecified atom stereocenters. The fourth-order valence-corrected chi connectivity index (χ4v) is 2.77. The van der Waals surface area contributed by atoms with E-state index < -0.39 is 55.4 Å². The van der Waals surface area contributed by atoms with E-state index in [4.69, 9.17) is 5.11 Å². The molecule has 0 amide bonds. The summed E-state index contributed by atoms with van der Waals surface area (Å²) in [6.07, 6.45) is 0. The Bertz CT molecular complexity index is 899.